The van der Waals surface area contributed by atoms with Crippen molar-refractivity contribution in [2.75, 3.05) is 23.3 Å². The number of primary amides is 1. The maximum absolute atomic E-state index is 13.8. The number of aromatic nitrogens is 2. The Balaban J connectivity index is 3.03. The summed E-state index contributed by atoms with van der Waals surface area (Å²) in [6.45, 7) is 6.29. The van der Waals surface area contributed by atoms with E-state index in [1.54, 1.807) is 0 Å². The zero-order chi connectivity index (χ0) is 14.4. The van der Waals surface area contributed by atoms with Gasteiger partial charge >= 0.3 is 0 Å². The molecule has 0 atom stereocenters. The first-order chi connectivity index (χ1) is 8.95. The van der Waals surface area contributed by atoms with E-state index in [9.17, 15) is 9.18 Å². The highest BCUT2D eigenvalue weighted by molar-refractivity contribution is 5.79. The second-order valence-electron chi connectivity index (χ2n) is 4.48. The summed E-state index contributed by atoms with van der Waals surface area (Å²) in [5.74, 6) is -0.678. The van der Waals surface area contributed by atoms with Gasteiger partial charge in [0.25, 0.3) is 0 Å². The predicted molar refractivity (Wildman–Crippen MR) is 72.4 cm³/mol. The summed E-state index contributed by atoms with van der Waals surface area (Å²) in [4.78, 5) is 20.5. The van der Waals surface area contributed by atoms with Gasteiger partial charge in [-0.1, -0.05) is 6.92 Å². The van der Waals surface area contributed by atoms with E-state index in [0.29, 0.717) is 12.5 Å². The van der Waals surface area contributed by atoms with Gasteiger partial charge in [0.15, 0.2) is 11.6 Å². The van der Waals surface area contributed by atoms with Crippen LogP contribution in [0.5, 0.6) is 0 Å². The number of hydrogen-bond acceptors (Lipinski definition) is 5. The van der Waals surface area contributed by atoms with Crippen LogP contribution in [0.1, 0.15) is 27.2 Å². The molecule has 0 saturated heterocycles. The van der Waals surface area contributed by atoms with Gasteiger partial charge in [0.05, 0.1) is 12.7 Å². The van der Waals surface area contributed by atoms with E-state index < -0.39 is 11.7 Å². The van der Waals surface area contributed by atoms with Crippen molar-refractivity contribution < 1.29 is 9.18 Å². The van der Waals surface area contributed by atoms with E-state index in [0.717, 1.165) is 12.6 Å². The summed E-state index contributed by atoms with van der Waals surface area (Å²) in [5, 5.41) is 2.98. The van der Waals surface area contributed by atoms with Gasteiger partial charge in [0.2, 0.25) is 11.9 Å². The first-order valence-corrected chi connectivity index (χ1v) is 6.27. The molecule has 0 spiro atoms. The molecule has 1 aromatic heterocycles. The number of carbonyl (C=O) groups is 1. The molecule has 0 bridgehead atoms. The van der Waals surface area contributed by atoms with Crippen molar-refractivity contribution in [3.05, 3.63) is 12.0 Å². The van der Waals surface area contributed by atoms with Gasteiger partial charge < -0.3 is 16.0 Å². The van der Waals surface area contributed by atoms with Crippen LogP contribution in [0.3, 0.4) is 0 Å². The van der Waals surface area contributed by atoms with Crippen LogP contribution in [0, 0.1) is 5.82 Å². The van der Waals surface area contributed by atoms with Gasteiger partial charge in [-0.05, 0) is 20.3 Å². The molecule has 6 nitrogen and oxygen atoms in total. The number of amides is 1. The molecule has 0 aliphatic rings. The lowest BCUT2D eigenvalue weighted by atomic mass is 10.3. The van der Waals surface area contributed by atoms with Crippen LogP contribution in [-0.2, 0) is 4.79 Å². The first kappa shape index (κ1) is 15.1. The van der Waals surface area contributed by atoms with Crippen molar-refractivity contribution in [1.29, 1.82) is 0 Å². The Bertz CT molecular complexity index is 438. The SMILES string of the molecule is CCCNc1ncc(F)c(N(CC(N)=O)C(C)C)n1. The molecule has 0 aromatic carbocycles. The van der Waals surface area contributed by atoms with Crippen LogP contribution in [0.25, 0.3) is 0 Å². The fraction of sp³-hybridized carbons (Fsp3) is 0.583. The summed E-state index contributed by atoms with van der Waals surface area (Å²) >= 11 is 0. The summed E-state index contributed by atoms with van der Waals surface area (Å²) in [7, 11) is 0. The molecule has 0 aliphatic heterocycles. The Morgan fingerprint density at radius 3 is 2.79 bits per heavy atom. The van der Waals surface area contributed by atoms with Crippen LogP contribution < -0.4 is 16.0 Å². The standard InChI is InChI=1S/C12H20FN5O/c1-4-5-15-12-16-6-9(13)11(17-12)18(8(2)3)7-10(14)19/h6,8H,4-5,7H2,1-3H3,(H2,14,19)(H,15,16,17). The van der Waals surface area contributed by atoms with Gasteiger partial charge in [-0.2, -0.15) is 4.98 Å². The van der Waals surface area contributed by atoms with Crippen molar-refractivity contribution in [2.45, 2.75) is 33.2 Å². The van der Waals surface area contributed by atoms with Crippen molar-refractivity contribution in [2.24, 2.45) is 5.73 Å². The Morgan fingerprint density at radius 2 is 2.26 bits per heavy atom. The molecule has 1 aromatic rings. The maximum atomic E-state index is 13.8. The minimum absolute atomic E-state index is 0.0845. The van der Waals surface area contributed by atoms with Crippen LogP contribution in [0.15, 0.2) is 6.20 Å². The molecular formula is C12H20FN5O. The molecule has 0 radical (unpaired) electrons. The number of halogens is 1. The normalized spacial score (nSPS) is 10.6. The Labute approximate surface area is 112 Å². The van der Waals surface area contributed by atoms with Crippen molar-refractivity contribution in [1.82, 2.24) is 9.97 Å². The molecule has 0 unspecified atom stereocenters. The number of anilines is 2. The monoisotopic (exact) mass is 269 g/mol. The quantitative estimate of drug-likeness (QED) is 0.775. The average molecular weight is 269 g/mol. The number of nitrogens with one attached hydrogen (secondary N) is 1. The van der Waals surface area contributed by atoms with E-state index in [4.69, 9.17) is 5.73 Å². The maximum Gasteiger partial charge on any atom is 0.237 e. The molecule has 3 N–H and O–H groups in total. The topological polar surface area (TPSA) is 84.1 Å². The smallest absolute Gasteiger partial charge is 0.237 e. The highest BCUT2D eigenvalue weighted by atomic mass is 19.1. The van der Waals surface area contributed by atoms with Gasteiger partial charge in [0.1, 0.15) is 0 Å². The predicted octanol–water partition coefficient (Wildman–Crippen LogP) is 1.14. The van der Waals surface area contributed by atoms with Gasteiger partial charge in [0, 0.05) is 12.6 Å². The molecule has 7 heteroatoms. The summed E-state index contributed by atoms with van der Waals surface area (Å²) in [6.07, 6.45) is 2.00. The summed E-state index contributed by atoms with van der Waals surface area (Å²) < 4.78 is 13.8. The highest BCUT2D eigenvalue weighted by Crippen LogP contribution is 2.19. The number of hydrogen-bond donors (Lipinski definition) is 2. The lowest BCUT2D eigenvalue weighted by Crippen LogP contribution is -2.39. The summed E-state index contributed by atoms with van der Waals surface area (Å²) in [6, 6.07) is -0.101. The van der Waals surface area contributed by atoms with Gasteiger partial charge in [-0.25, -0.2) is 9.37 Å². The second-order valence-corrected chi connectivity index (χ2v) is 4.48. The van der Waals surface area contributed by atoms with Crippen LogP contribution in [-0.4, -0.2) is 35.0 Å². The van der Waals surface area contributed by atoms with E-state index in [-0.39, 0.29) is 18.4 Å². The van der Waals surface area contributed by atoms with Crippen molar-refractivity contribution in [3.63, 3.8) is 0 Å². The van der Waals surface area contributed by atoms with E-state index >= 15 is 0 Å². The zero-order valence-electron chi connectivity index (χ0n) is 11.5. The first-order valence-electron chi connectivity index (χ1n) is 6.27. The van der Waals surface area contributed by atoms with Crippen molar-refractivity contribution in [3.8, 4) is 0 Å². The molecule has 0 aliphatic carbocycles. The second kappa shape index (κ2) is 6.86. The molecule has 0 fully saturated rings. The lowest BCUT2D eigenvalue weighted by Gasteiger charge is -2.26. The highest BCUT2D eigenvalue weighted by Gasteiger charge is 2.19. The molecule has 106 valence electrons. The third-order valence-electron chi connectivity index (χ3n) is 2.48. The third kappa shape index (κ3) is 4.35. The van der Waals surface area contributed by atoms with Crippen molar-refractivity contribution >= 4 is 17.7 Å². The van der Waals surface area contributed by atoms with E-state index in [1.807, 2.05) is 20.8 Å². The third-order valence-corrected chi connectivity index (χ3v) is 2.48. The number of nitrogens with two attached hydrogens (primary N) is 1. The Morgan fingerprint density at radius 1 is 1.58 bits per heavy atom. The Kier molecular flexibility index (Phi) is 5.47. The van der Waals surface area contributed by atoms with E-state index in [2.05, 4.69) is 15.3 Å². The molecule has 0 saturated carbocycles. The number of rotatable bonds is 7. The fourth-order valence-corrected chi connectivity index (χ4v) is 1.55. The van der Waals surface area contributed by atoms with Crippen LogP contribution in [0.2, 0.25) is 0 Å². The Hall–Kier alpha value is -1.92. The van der Waals surface area contributed by atoms with Crippen LogP contribution in [0.4, 0.5) is 16.2 Å². The number of nitrogens with zero attached hydrogens (tertiary/aromatic N) is 3. The fourth-order valence-electron chi connectivity index (χ4n) is 1.55. The molecule has 19 heavy (non-hydrogen) atoms. The largest absolute Gasteiger partial charge is 0.368 e. The minimum atomic E-state index is -0.572. The van der Waals surface area contributed by atoms with Crippen LogP contribution >= 0.6 is 0 Å². The lowest BCUT2D eigenvalue weighted by molar-refractivity contribution is -0.116. The van der Waals surface area contributed by atoms with Gasteiger partial charge in [-0.15, -0.1) is 0 Å². The van der Waals surface area contributed by atoms with Gasteiger partial charge in [-0.3, -0.25) is 4.79 Å². The zero-order valence-corrected chi connectivity index (χ0v) is 11.5. The molecule has 1 rings (SSSR count). The molecular weight excluding hydrogens is 249 g/mol. The van der Waals surface area contributed by atoms with E-state index in [1.165, 1.54) is 4.90 Å². The minimum Gasteiger partial charge on any atom is -0.368 e. The average Bonchev–Trinajstić information content (AvgIpc) is 2.35. The summed E-state index contributed by atoms with van der Waals surface area (Å²) in [5.41, 5.74) is 5.17. The molecule has 1 amide bonds. The number of carbonyl (C=O) groups excluding carboxylic acids is 1. The molecule has 1 heterocycles.